The molecule has 1 saturated heterocycles. The molecule has 1 atom stereocenters. The van der Waals surface area contributed by atoms with Crippen LogP contribution in [-0.2, 0) is 11.2 Å². The number of benzene rings is 1. The summed E-state index contributed by atoms with van der Waals surface area (Å²) >= 11 is 0. The molecule has 2 aliphatic rings. The van der Waals surface area contributed by atoms with Crippen molar-refractivity contribution >= 4 is 5.78 Å². The Bertz CT molecular complexity index is 494. The number of hydrogen-bond donors (Lipinski definition) is 0. The minimum Gasteiger partial charge on any atom is -0.497 e. The molecule has 1 aliphatic carbocycles. The Hall–Kier alpha value is -1.39. The number of morpholine rings is 1. The Morgan fingerprint density at radius 1 is 1.35 bits per heavy atom. The van der Waals surface area contributed by atoms with Gasteiger partial charge in [0, 0.05) is 31.1 Å². The van der Waals surface area contributed by atoms with E-state index in [-0.39, 0.29) is 11.7 Å². The molecule has 108 valence electrons. The maximum absolute atomic E-state index is 12.6. The van der Waals surface area contributed by atoms with Crippen LogP contribution >= 0.6 is 0 Å². The predicted molar refractivity (Wildman–Crippen MR) is 76.4 cm³/mol. The summed E-state index contributed by atoms with van der Waals surface area (Å²) in [6, 6.07) is 5.86. The van der Waals surface area contributed by atoms with Crippen LogP contribution in [0.3, 0.4) is 0 Å². The maximum Gasteiger partial charge on any atom is 0.167 e. The monoisotopic (exact) mass is 275 g/mol. The number of carbonyl (C=O) groups is 1. The van der Waals surface area contributed by atoms with Crippen molar-refractivity contribution in [1.29, 1.82) is 0 Å². The van der Waals surface area contributed by atoms with Gasteiger partial charge in [0.1, 0.15) is 5.75 Å². The lowest BCUT2D eigenvalue weighted by Gasteiger charge is -2.32. The largest absolute Gasteiger partial charge is 0.497 e. The molecule has 20 heavy (non-hydrogen) atoms. The highest BCUT2D eigenvalue weighted by Crippen LogP contribution is 2.29. The first kappa shape index (κ1) is 13.6. The lowest BCUT2D eigenvalue weighted by Crippen LogP contribution is -2.42. The molecular formula is C16H21NO3. The zero-order valence-electron chi connectivity index (χ0n) is 11.9. The number of ketones is 1. The zero-order chi connectivity index (χ0) is 13.9. The molecule has 0 spiro atoms. The van der Waals surface area contributed by atoms with Gasteiger partial charge in [0.2, 0.25) is 0 Å². The van der Waals surface area contributed by atoms with Crippen LogP contribution in [0.2, 0.25) is 0 Å². The fourth-order valence-electron chi connectivity index (χ4n) is 3.08. The van der Waals surface area contributed by atoms with Gasteiger partial charge in [0.15, 0.2) is 5.78 Å². The second-order valence-electron chi connectivity index (χ2n) is 5.54. The van der Waals surface area contributed by atoms with Crippen LogP contribution in [0.25, 0.3) is 0 Å². The molecule has 4 heteroatoms. The lowest BCUT2D eigenvalue weighted by molar-refractivity contribution is 0.0291. The summed E-state index contributed by atoms with van der Waals surface area (Å²) < 4.78 is 10.6. The van der Waals surface area contributed by atoms with Gasteiger partial charge in [-0.15, -0.1) is 0 Å². The number of hydrogen-bond acceptors (Lipinski definition) is 4. The Kier molecular flexibility index (Phi) is 4.03. The van der Waals surface area contributed by atoms with Gasteiger partial charge in [-0.3, -0.25) is 9.69 Å². The molecule has 0 radical (unpaired) electrons. The third-order valence-corrected chi connectivity index (χ3v) is 4.30. The fraction of sp³-hybridized carbons (Fsp3) is 0.562. The van der Waals surface area contributed by atoms with Gasteiger partial charge in [-0.1, -0.05) is 6.07 Å². The van der Waals surface area contributed by atoms with Crippen molar-refractivity contribution in [2.75, 3.05) is 40.0 Å². The molecule has 0 saturated carbocycles. The van der Waals surface area contributed by atoms with E-state index in [1.807, 2.05) is 18.2 Å². The van der Waals surface area contributed by atoms with Gasteiger partial charge in [-0.25, -0.2) is 0 Å². The van der Waals surface area contributed by atoms with Crippen LogP contribution in [0.4, 0.5) is 0 Å². The standard InChI is InChI=1S/C16H21NO3/c1-19-14-5-4-12-2-3-13(16(18)15(12)10-14)11-17-6-8-20-9-7-17/h4-5,10,13H,2-3,6-9,11H2,1H3. The summed E-state index contributed by atoms with van der Waals surface area (Å²) in [5.74, 6) is 1.16. The smallest absolute Gasteiger partial charge is 0.167 e. The summed E-state index contributed by atoms with van der Waals surface area (Å²) in [4.78, 5) is 15.0. The van der Waals surface area contributed by atoms with E-state index in [9.17, 15) is 4.79 Å². The Morgan fingerprint density at radius 3 is 2.90 bits per heavy atom. The molecule has 1 aliphatic heterocycles. The molecule has 1 aromatic rings. The summed E-state index contributed by atoms with van der Waals surface area (Å²) in [5.41, 5.74) is 2.02. The molecular weight excluding hydrogens is 254 g/mol. The number of Topliss-reactive ketones (excluding diaryl/α,β-unsaturated/α-hetero) is 1. The average Bonchev–Trinajstić information content (AvgIpc) is 2.51. The summed E-state index contributed by atoms with van der Waals surface area (Å²) in [5, 5.41) is 0. The highest BCUT2D eigenvalue weighted by Gasteiger charge is 2.29. The number of nitrogens with zero attached hydrogens (tertiary/aromatic N) is 1. The SMILES string of the molecule is COc1ccc2c(c1)C(=O)C(CN1CCOCC1)CC2. The van der Waals surface area contributed by atoms with Crippen LogP contribution in [0, 0.1) is 5.92 Å². The van der Waals surface area contributed by atoms with E-state index < -0.39 is 0 Å². The van der Waals surface area contributed by atoms with Gasteiger partial charge in [-0.05, 0) is 30.5 Å². The molecule has 1 unspecified atom stereocenters. The number of carbonyl (C=O) groups excluding carboxylic acids is 1. The second-order valence-corrected chi connectivity index (χ2v) is 5.54. The third kappa shape index (κ3) is 2.72. The van der Waals surface area contributed by atoms with Crippen LogP contribution in [0.1, 0.15) is 22.3 Å². The van der Waals surface area contributed by atoms with Crippen molar-refractivity contribution in [2.45, 2.75) is 12.8 Å². The first-order valence-electron chi connectivity index (χ1n) is 7.29. The van der Waals surface area contributed by atoms with Crippen molar-refractivity contribution in [2.24, 2.45) is 5.92 Å². The molecule has 0 N–H and O–H groups in total. The van der Waals surface area contributed by atoms with Gasteiger partial charge in [0.05, 0.1) is 20.3 Å². The normalized spacial score (nSPS) is 23.4. The first-order chi connectivity index (χ1) is 9.78. The van der Waals surface area contributed by atoms with E-state index in [0.29, 0.717) is 0 Å². The quantitative estimate of drug-likeness (QED) is 0.843. The van der Waals surface area contributed by atoms with Crippen molar-refractivity contribution in [1.82, 2.24) is 4.90 Å². The molecule has 1 aromatic carbocycles. The summed E-state index contributed by atoms with van der Waals surface area (Å²) in [7, 11) is 1.64. The molecule has 0 bridgehead atoms. The maximum atomic E-state index is 12.6. The van der Waals surface area contributed by atoms with Crippen LogP contribution in [0.15, 0.2) is 18.2 Å². The third-order valence-electron chi connectivity index (χ3n) is 4.30. The average molecular weight is 275 g/mol. The lowest BCUT2D eigenvalue weighted by atomic mass is 9.82. The topological polar surface area (TPSA) is 38.8 Å². The zero-order valence-corrected chi connectivity index (χ0v) is 11.9. The van der Waals surface area contributed by atoms with Gasteiger partial charge >= 0.3 is 0 Å². The van der Waals surface area contributed by atoms with E-state index >= 15 is 0 Å². The van der Waals surface area contributed by atoms with E-state index in [0.717, 1.165) is 62.6 Å². The minimum absolute atomic E-state index is 0.118. The summed E-state index contributed by atoms with van der Waals surface area (Å²) in [6.07, 6.45) is 1.94. The highest BCUT2D eigenvalue weighted by molar-refractivity contribution is 6.00. The molecule has 0 aromatic heterocycles. The van der Waals surface area contributed by atoms with Crippen molar-refractivity contribution < 1.29 is 14.3 Å². The first-order valence-corrected chi connectivity index (χ1v) is 7.29. The van der Waals surface area contributed by atoms with Crippen molar-refractivity contribution in [3.63, 3.8) is 0 Å². The Morgan fingerprint density at radius 2 is 2.15 bits per heavy atom. The summed E-state index contributed by atoms with van der Waals surface area (Å²) in [6.45, 7) is 4.30. The molecule has 1 fully saturated rings. The second kappa shape index (κ2) is 5.94. The molecule has 0 amide bonds. The fourth-order valence-corrected chi connectivity index (χ4v) is 3.08. The van der Waals surface area contributed by atoms with Crippen LogP contribution < -0.4 is 4.74 Å². The van der Waals surface area contributed by atoms with E-state index in [4.69, 9.17) is 9.47 Å². The van der Waals surface area contributed by atoms with Crippen molar-refractivity contribution in [3.05, 3.63) is 29.3 Å². The number of methoxy groups -OCH3 is 1. The van der Waals surface area contributed by atoms with Crippen LogP contribution in [-0.4, -0.2) is 50.6 Å². The number of fused-ring (bicyclic) bond motifs is 1. The van der Waals surface area contributed by atoms with Crippen molar-refractivity contribution in [3.8, 4) is 5.75 Å². The number of ether oxygens (including phenoxy) is 2. The van der Waals surface area contributed by atoms with E-state index in [1.54, 1.807) is 7.11 Å². The molecule has 1 heterocycles. The highest BCUT2D eigenvalue weighted by atomic mass is 16.5. The minimum atomic E-state index is 0.118. The van der Waals surface area contributed by atoms with E-state index in [2.05, 4.69) is 4.90 Å². The van der Waals surface area contributed by atoms with E-state index in [1.165, 1.54) is 0 Å². The molecule has 3 rings (SSSR count). The Labute approximate surface area is 119 Å². The number of aryl methyl sites for hydroxylation is 1. The van der Waals surface area contributed by atoms with Gasteiger partial charge in [-0.2, -0.15) is 0 Å². The Balaban J connectivity index is 1.74. The predicted octanol–water partition coefficient (Wildman–Crippen LogP) is 1.77. The van der Waals surface area contributed by atoms with Gasteiger partial charge in [0.25, 0.3) is 0 Å². The number of rotatable bonds is 3. The van der Waals surface area contributed by atoms with Gasteiger partial charge < -0.3 is 9.47 Å². The molecule has 4 nitrogen and oxygen atoms in total. The van der Waals surface area contributed by atoms with Crippen LogP contribution in [0.5, 0.6) is 5.75 Å².